The first-order valence-corrected chi connectivity index (χ1v) is 10.1. The lowest BCUT2D eigenvalue weighted by Gasteiger charge is -2.19. The molecule has 0 spiro atoms. The van der Waals surface area contributed by atoms with Crippen molar-refractivity contribution in [1.29, 1.82) is 0 Å². The van der Waals surface area contributed by atoms with Crippen LogP contribution in [0.1, 0.15) is 34.6 Å². The van der Waals surface area contributed by atoms with Gasteiger partial charge in [-0.25, -0.2) is 9.78 Å². The molecule has 2 aromatic carbocycles. The molecule has 0 saturated heterocycles. The van der Waals surface area contributed by atoms with E-state index in [9.17, 15) is 27.6 Å². The highest BCUT2D eigenvalue weighted by Crippen LogP contribution is 2.36. The number of alkyl halides is 3. The molecule has 1 atom stereocenters. The van der Waals surface area contributed by atoms with Gasteiger partial charge >= 0.3 is 12.1 Å². The van der Waals surface area contributed by atoms with Crippen molar-refractivity contribution in [3.8, 4) is 0 Å². The van der Waals surface area contributed by atoms with Gasteiger partial charge in [0.25, 0.3) is 5.91 Å². The van der Waals surface area contributed by atoms with Gasteiger partial charge in [0.2, 0.25) is 12.0 Å². The summed E-state index contributed by atoms with van der Waals surface area (Å²) in [5.74, 6) is -2.18. The van der Waals surface area contributed by atoms with E-state index in [1.54, 1.807) is 18.2 Å². The summed E-state index contributed by atoms with van der Waals surface area (Å²) in [6.07, 6.45) is -6.24. The summed E-state index contributed by atoms with van der Waals surface area (Å²) in [7, 11) is 0. The number of ether oxygens (including phenoxy) is 1. The van der Waals surface area contributed by atoms with Crippen LogP contribution in [0.15, 0.2) is 66.7 Å². The fourth-order valence-corrected chi connectivity index (χ4v) is 3.12. The van der Waals surface area contributed by atoms with Crippen LogP contribution in [0.25, 0.3) is 0 Å². The standard InChI is InChI=1S/C23H17ClF3N3O4/c1-13(31)28-19-9-5-8-18(30-19)22(33)34-20(14-6-3-2-4-7-14)21(32)29-15-10-11-17(24)16(12-15)23(25,26)27/h2-12,20H,1H3,(H,29,32)(H,28,30,31). The molecule has 0 bridgehead atoms. The molecule has 7 nitrogen and oxygen atoms in total. The second-order valence-corrected chi connectivity index (χ2v) is 7.37. The normalized spacial score (nSPS) is 11.9. The summed E-state index contributed by atoms with van der Waals surface area (Å²) < 4.78 is 44.8. The molecule has 0 radical (unpaired) electrons. The van der Waals surface area contributed by atoms with E-state index in [2.05, 4.69) is 15.6 Å². The zero-order valence-electron chi connectivity index (χ0n) is 17.5. The number of halogens is 4. The van der Waals surface area contributed by atoms with Crippen molar-refractivity contribution < 1.29 is 32.3 Å². The van der Waals surface area contributed by atoms with Crippen LogP contribution in [0.3, 0.4) is 0 Å². The van der Waals surface area contributed by atoms with E-state index in [0.29, 0.717) is 6.07 Å². The van der Waals surface area contributed by atoms with Gasteiger partial charge in [-0.05, 0) is 30.3 Å². The van der Waals surface area contributed by atoms with Gasteiger partial charge in [0, 0.05) is 18.2 Å². The maximum Gasteiger partial charge on any atom is 0.417 e. The van der Waals surface area contributed by atoms with Crippen molar-refractivity contribution in [2.45, 2.75) is 19.2 Å². The van der Waals surface area contributed by atoms with Crippen LogP contribution in [0.2, 0.25) is 5.02 Å². The van der Waals surface area contributed by atoms with Crippen LogP contribution in [0.5, 0.6) is 0 Å². The molecule has 3 rings (SSSR count). The highest BCUT2D eigenvalue weighted by Gasteiger charge is 2.34. The fourth-order valence-electron chi connectivity index (χ4n) is 2.89. The first kappa shape index (κ1) is 24.7. The molecular weight excluding hydrogens is 475 g/mol. The van der Waals surface area contributed by atoms with E-state index in [4.69, 9.17) is 16.3 Å². The third-order valence-corrected chi connectivity index (χ3v) is 4.70. The minimum atomic E-state index is -4.73. The number of esters is 1. The zero-order chi connectivity index (χ0) is 24.9. The van der Waals surface area contributed by atoms with Crippen LogP contribution in [0, 0.1) is 0 Å². The predicted molar refractivity (Wildman–Crippen MR) is 118 cm³/mol. The number of amides is 2. The number of carbonyl (C=O) groups is 3. The third-order valence-electron chi connectivity index (χ3n) is 4.37. The highest BCUT2D eigenvalue weighted by atomic mass is 35.5. The Kier molecular flexibility index (Phi) is 7.52. The Balaban J connectivity index is 1.87. The van der Waals surface area contributed by atoms with Crippen LogP contribution < -0.4 is 10.6 Å². The monoisotopic (exact) mass is 491 g/mol. The summed E-state index contributed by atoms with van der Waals surface area (Å²) in [6.45, 7) is 1.27. The van der Waals surface area contributed by atoms with Gasteiger partial charge in [0.1, 0.15) is 5.82 Å². The van der Waals surface area contributed by atoms with Crippen LogP contribution in [-0.4, -0.2) is 22.8 Å². The minimum absolute atomic E-state index is 0.100. The maximum absolute atomic E-state index is 13.2. The second-order valence-electron chi connectivity index (χ2n) is 6.97. The molecule has 0 aliphatic heterocycles. The van der Waals surface area contributed by atoms with Gasteiger partial charge in [-0.15, -0.1) is 0 Å². The fraction of sp³-hybridized carbons (Fsp3) is 0.130. The highest BCUT2D eigenvalue weighted by molar-refractivity contribution is 6.31. The molecule has 0 saturated carbocycles. The van der Waals surface area contributed by atoms with Gasteiger partial charge in [0.15, 0.2) is 5.69 Å². The lowest BCUT2D eigenvalue weighted by Crippen LogP contribution is -2.26. The minimum Gasteiger partial charge on any atom is -0.443 e. The molecule has 3 aromatic rings. The quantitative estimate of drug-likeness (QED) is 0.459. The topological polar surface area (TPSA) is 97.4 Å². The number of aromatic nitrogens is 1. The summed E-state index contributed by atoms with van der Waals surface area (Å²) in [4.78, 5) is 40.9. The Morgan fingerprint density at radius 3 is 2.32 bits per heavy atom. The van der Waals surface area contributed by atoms with E-state index in [0.717, 1.165) is 6.07 Å². The zero-order valence-corrected chi connectivity index (χ0v) is 18.3. The van der Waals surface area contributed by atoms with Crippen LogP contribution >= 0.6 is 11.6 Å². The molecule has 0 aliphatic rings. The molecule has 2 amide bonds. The number of hydrogen-bond donors (Lipinski definition) is 2. The Morgan fingerprint density at radius 2 is 1.68 bits per heavy atom. The average molecular weight is 492 g/mol. The number of benzene rings is 2. The number of nitrogens with one attached hydrogen (secondary N) is 2. The third kappa shape index (κ3) is 6.32. The SMILES string of the molecule is CC(=O)Nc1cccc(C(=O)OC(C(=O)Nc2ccc(Cl)c(C(F)(F)F)c2)c2ccccc2)n1. The average Bonchev–Trinajstić information content (AvgIpc) is 2.78. The molecule has 0 aliphatic carbocycles. The molecule has 1 heterocycles. The van der Waals surface area contributed by atoms with E-state index in [1.807, 2.05) is 0 Å². The van der Waals surface area contributed by atoms with Gasteiger partial charge < -0.3 is 15.4 Å². The molecule has 176 valence electrons. The lowest BCUT2D eigenvalue weighted by atomic mass is 10.1. The van der Waals surface area contributed by atoms with E-state index >= 15 is 0 Å². The van der Waals surface area contributed by atoms with Crippen molar-refractivity contribution in [2.24, 2.45) is 0 Å². The predicted octanol–water partition coefficient (Wildman–Crippen LogP) is 5.25. The summed E-state index contributed by atoms with van der Waals surface area (Å²) in [5, 5.41) is 4.22. The van der Waals surface area contributed by atoms with E-state index in [1.165, 1.54) is 43.3 Å². The van der Waals surface area contributed by atoms with Crippen LogP contribution in [0.4, 0.5) is 24.7 Å². The van der Waals surface area contributed by atoms with Gasteiger partial charge in [-0.3, -0.25) is 9.59 Å². The number of nitrogens with zero attached hydrogens (tertiary/aromatic N) is 1. The van der Waals surface area contributed by atoms with Crippen molar-refractivity contribution in [3.05, 3.63) is 88.6 Å². The number of carbonyl (C=O) groups excluding carboxylic acids is 3. The van der Waals surface area contributed by atoms with Crippen molar-refractivity contribution >= 4 is 40.9 Å². The number of pyridine rings is 1. The number of anilines is 2. The summed E-state index contributed by atoms with van der Waals surface area (Å²) in [6, 6.07) is 15.0. The van der Waals surface area contributed by atoms with Crippen molar-refractivity contribution in [3.63, 3.8) is 0 Å². The second kappa shape index (κ2) is 10.3. The molecule has 1 unspecified atom stereocenters. The van der Waals surface area contributed by atoms with Crippen molar-refractivity contribution in [1.82, 2.24) is 4.98 Å². The van der Waals surface area contributed by atoms with Gasteiger partial charge in [-0.1, -0.05) is 48.0 Å². The van der Waals surface area contributed by atoms with Gasteiger partial charge in [0.05, 0.1) is 10.6 Å². The van der Waals surface area contributed by atoms with E-state index < -0.39 is 40.7 Å². The van der Waals surface area contributed by atoms with Gasteiger partial charge in [-0.2, -0.15) is 13.2 Å². The molecule has 0 fully saturated rings. The largest absolute Gasteiger partial charge is 0.443 e. The summed E-state index contributed by atoms with van der Waals surface area (Å²) >= 11 is 5.62. The molecule has 11 heteroatoms. The summed E-state index contributed by atoms with van der Waals surface area (Å²) in [5.41, 5.74) is -1.23. The molecule has 1 aromatic heterocycles. The molecular formula is C23H17ClF3N3O4. The number of hydrogen-bond acceptors (Lipinski definition) is 5. The van der Waals surface area contributed by atoms with Crippen LogP contribution in [-0.2, 0) is 20.5 Å². The van der Waals surface area contributed by atoms with E-state index in [-0.39, 0.29) is 22.8 Å². The smallest absolute Gasteiger partial charge is 0.417 e. The Bertz CT molecular complexity index is 1220. The Hall–Kier alpha value is -3.92. The number of rotatable bonds is 6. The first-order valence-electron chi connectivity index (χ1n) is 9.73. The van der Waals surface area contributed by atoms with Crippen molar-refractivity contribution in [2.75, 3.05) is 10.6 Å². The molecule has 34 heavy (non-hydrogen) atoms. The first-order chi connectivity index (χ1) is 16.0. The lowest BCUT2D eigenvalue weighted by molar-refractivity contribution is -0.137. The Morgan fingerprint density at radius 1 is 0.971 bits per heavy atom. The maximum atomic E-state index is 13.2. The Labute approximate surface area is 196 Å². The molecule has 2 N–H and O–H groups in total.